The molecule has 1 fully saturated rings. The second kappa shape index (κ2) is 9.48. The monoisotopic (exact) mass is 452 g/mol. The molecule has 4 rings (SSSR count). The van der Waals surface area contributed by atoms with Crippen LogP contribution >= 0.6 is 11.8 Å². The molecule has 166 valence electrons. The molecule has 2 heterocycles. The quantitative estimate of drug-likeness (QED) is 0.514. The van der Waals surface area contributed by atoms with Crippen LogP contribution in [0.4, 0.5) is 0 Å². The van der Waals surface area contributed by atoms with Crippen LogP contribution in [0.5, 0.6) is 5.75 Å². The van der Waals surface area contributed by atoms with E-state index in [1.807, 2.05) is 49.4 Å². The first-order chi connectivity index (χ1) is 15.5. The summed E-state index contributed by atoms with van der Waals surface area (Å²) in [7, 11) is 1.59. The average molecular weight is 453 g/mol. The Morgan fingerprint density at radius 3 is 2.50 bits per heavy atom. The number of fused-ring (bicyclic) bond motifs is 1. The molecular formula is C24H24N2O5S. The van der Waals surface area contributed by atoms with E-state index >= 15 is 0 Å². The molecule has 0 radical (unpaired) electrons. The molecule has 8 heteroatoms. The van der Waals surface area contributed by atoms with Crippen molar-refractivity contribution in [3.05, 3.63) is 77.0 Å². The Hall–Kier alpha value is -3.26. The summed E-state index contributed by atoms with van der Waals surface area (Å²) in [5.41, 5.74) is 2.76. The number of nitrogens with zero attached hydrogens (tertiary/aromatic N) is 1. The Morgan fingerprint density at radius 1 is 1.09 bits per heavy atom. The van der Waals surface area contributed by atoms with Crippen molar-refractivity contribution in [2.75, 3.05) is 12.9 Å². The van der Waals surface area contributed by atoms with Gasteiger partial charge in [-0.2, -0.15) is 0 Å². The van der Waals surface area contributed by atoms with Crippen LogP contribution in [0.15, 0.2) is 65.9 Å². The van der Waals surface area contributed by atoms with Crippen LogP contribution in [0.2, 0.25) is 0 Å². The maximum atomic E-state index is 12.8. The van der Waals surface area contributed by atoms with E-state index in [2.05, 4.69) is 5.32 Å². The van der Waals surface area contributed by atoms with E-state index in [9.17, 15) is 14.4 Å². The van der Waals surface area contributed by atoms with Gasteiger partial charge in [-0.05, 0) is 35.8 Å². The van der Waals surface area contributed by atoms with Crippen LogP contribution in [-0.4, -0.2) is 47.0 Å². The van der Waals surface area contributed by atoms with Crippen molar-refractivity contribution in [2.24, 2.45) is 0 Å². The predicted octanol–water partition coefficient (Wildman–Crippen LogP) is 2.66. The first-order valence-corrected chi connectivity index (χ1v) is 11.3. The van der Waals surface area contributed by atoms with Crippen molar-refractivity contribution in [2.45, 2.75) is 31.4 Å². The van der Waals surface area contributed by atoms with E-state index in [-0.39, 0.29) is 35.9 Å². The number of amides is 2. The molecule has 2 aliphatic rings. The molecule has 2 aromatic rings. The highest BCUT2D eigenvalue weighted by molar-refractivity contribution is 8.00. The predicted molar refractivity (Wildman–Crippen MR) is 121 cm³/mol. The number of nitrogens with one attached hydrogen (secondary N) is 1. The third-order valence-electron chi connectivity index (χ3n) is 5.41. The van der Waals surface area contributed by atoms with Crippen molar-refractivity contribution >= 4 is 29.5 Å². The van der Waals surface area contributed by atoms with Gasteiger partial charge >= 0.3 is 5.97 Å². The number of ether oxygens (including phenoxy) is 2. The van der Waals surface area contributed by atoms with E-state index in [1.165, 1.54) is 16.7 Å². The lowest BCUT2D eigenvalue weighted by Gasteiger charge is -2.49. The topological polar surface area (TPSA) is 84.9 Å². The summed E-state index contributed by atoms with van der Waals surface area (Å²) in [5.74, 6) is 0.263. The zero-order chi connectivity index (χ0) is 22.7. The van der Waals surface area contributed by atoms with Gasteiger partial charge in [-0.1, -0.05) is 42.5 Å². The van der Waals surface area contributed by atoms with Crippen LogP contribution in [0.3, 0.4) is 0 Å². The Morgan fingerprint density at radius 2 is 1.81 bits per heavy atom. The van der Waals surface area contributed by atoms with Gasteiger partial charge in [0.25, 0.3) is 5.91 Å². The first kappa shape index (κ1) is 22.0. The van der Waals surface area contributed by atoms with Crippen LogP contribution < -0.4 is 10.1 Å². The number of hydrogen-bond donors (Lipinski definition) is 1. The van der Waals surface area contributed by atoms with E-state index in [1.54, 1.807) is 19.2 Å². The highest BCUT2D eigenvalue weighted by Crippen LogP contribution is 2.40. The number of carbonyl (C=O) groups excluding carboxylic acids is 3. The third kappa shape index (κ3) is 4.50. The molecule has 32 heavy (non-hydrogen) atoms. The van der Waals surface area contributed by atoms with Crippen LogP contribution in [0.25, 0.3) is 0 Å². The Bertz CT molecular complexity index is 1050. The number of thioether (sulfide) groups is 1. The van der Waals surface area contributed by atoms with Gasteiger partial charge in [-0.25, -0.2) is 4.79 Å². The van der Waals surface area contributed by atoms with Crippen molar-refractivity contribution in [1.29, 1.82) is 0 Å². The lowest BCUT2D eigenvalue weighted by atomic mass is 10.0. The summed E-state index contributed by atoms with van der Waals surface area (Å²) >= 11 is 1.53. The van der Waals surface area contributed by atoms with Crippen molar-refractivity contribution in [1.82, 2.24) is 10.2 Å². The Balaban J connectivity index is 1.37. The molecule has 2 aromatic carbocycles. The minimum absolute atomic E-state index is 0.0939. The SMILES string of the molecule is COc1ccc(COC(=O)C2=C(C)CSC3[C@@H](NC(=O)Cc4ccccc4)C(=O)N23)cc1. The second-order valence-electron chi connectivity index (χ2n) is 7.67. The molecule has 0 aromatic heterocycles. The van der Waals surface area contributed by atoms with Crippen LogP contribution in [0.1, 0.15) is 18.1 Å². The number of methoxy groups -OCH3 is 1. The number of benzene rings is 2. The summed E-state index contributed by atoms with van der Waals surface area (Å²) in [5, 5.41) is 2.51. The molecule has 0 saturated carbocycles. The lowest BCUT2D eigenvalue weighted by molar-refractivity contribution is -0.153. The van der Waals surface area contributed by atoms with Gasteiger partial charge in [-0.15, -0.1) is 11.8 Å². The summed E-state index contributed by atoms with van der Waals surface area (Å²) in [6.45, 7) is 1.92. The fourth-order valence-corrected chi connectivity index (χ4v) is 5.00. The normalized spacial score (nSPS) is 19.7. The molecule has 0 bridgehead atoms. The lowest BCUT2D eigenvalue weighted by Crippen LogP contribution is -2.70. The van der Waals surface area contributed by atoms with Crippen molar-refractivity contribution in [3.8, 4) is 5.75 Å². The molecule has 0 aliphatic carbocycles. The molecule has 2 atom stereocenters. The maximum absolute atomic E-state index is 12.8. The summed E-state index contributed by atoms with van der Waals surface area (Å²) < 4.78 is 10.6. The van der Waals surface area contributed by atoms with Gasteiger partial charge in [0.1, 0.15) is 29.5 Å². The van der Waals surface area contributed by atoms with E-state index in [4.69, 9.17) is 9.47 Å². The van der Waals surface area contributed by atoms with E-state index in [0.29, 0.717) is 5.75 Å². The highest BCUT2D eigenvalue weighted by Gasteiger charge is 2.53. The molecule has 1 unspecified atom stereocenters. The fourth-order valence-electron chi connectivity index (χ4n) is 3.71. The number of carbonyl (C=O) groups is 3. The van der Waals surface area contributed by atoms with Crippen LogP contribution in [0, 0.1) is 0 Å². The molecule has 1 N–H and O–H groups in total. The zero-order valence-electron chi connectivity index (χ0n) is 17.9. The number of esters is 1. The zero-order valence-corrected chi connectivity index (χ0v) is 18.7. The van der Waals surface area contributed by atoms with Gasteiger partial charge in [0, 0.05) is 5.75 Å². The van der Waals surface area contributed by atoms with E-state index < -0.39 is 12.0 Å². The molecule has 1 saturated heterocycles. The van der Waals surface area contributed by atoms with Gasteiger partial charge < -0.3 is 14.8 Å². The van der Waals surface area contributed by atoms with Gasteiger partial charge in [0.2, 0.25) is 5.91 Å². The largest absolute Gasteiger partial charge is 0.497 e. The molecule has 0 spiro atoms. The highest BCUT2D eigenvalue weighted by atomic mass is 32.2. The number of rotatable bonds is 7. The summed E-state index contributed by atoms with van der Waals surface area (Å²) in [6.07, 6.45) is 0.202. The van der Waals surface area contributed by atoms with E-state index in [0.717, 1.165) is 22.4 Å². The number of hydrogen-bond acceptors (Lipinski definition) is 6. The summed E-state index contributed by atoms with van der Waals surface area (Å²) in [4.78, 5) is 39.5. The van der Waals surface area contributed by atoms with Gasteiger partial charge in [0.15, 0.2) is 0 Å². The fraction of sp³-hybridized carbons (Fsp3) is 0.292. The second-order valence-corrected chi connectivity index (χ2v) is 8.78. The Kier molecular flexibility index (Phi) is 6.50. The molecule has 7 nitrogen and oxygen atoms in total. The average Bonchev–Trinajstić information content (AvgIpc) is 2.81. The molecular weight excluding hydrogens is 428 g/mol. The standard InChI is InChI=1S/C24H24N2O5S/c1-15-14-32-23-20(25-19(27)12-16-6-4-3-5-7-16)22(28)26(23)21(15)24(29)31-13-17-8-10-18(30-2)11-9-17/h3-11,20,23H,12-14H2,1-2H3,(H,25,27)/t20-,23?/m0/s1. The third-order valence-corrected chi connectivity index (χ3v) is 6.83. The van der Waals surface area contributed by atoms with Gasteiger partial charge in [0.05, 0.1) is 13.5 Å². The summed E-state index contributed by atoms with van der Waals surface area (Å²) in [6, 6.07) is 15.9. The minimum atomic E-state index is -0.645. The maximum Gasteiger partial charge on any atom is 0.355 e. The minimum Gasteiger partial charge on any atom is -0.497 e. The van der Waals surface area contributed by atoms with Gasteiger partial charge in [-0.3, -0.25) is 14.5 Å². The van der Waals surface area contributed by atoms with Crippen molar-refractivity contribution in [3.63, 3.8) is 0 Å². The van der Waals surface area contributed by atoms with Crippen molar-refractivity contribution < 1.29 is 23.9 Å². The van der Waals surface area contributed by atoms with Crippen LogP contribution in [-0.2, 0) is 32.1 Å². The molecule has 2 amide bonds. The smallest absolute Gasteiger partial charge is 0.355 e. The number of β-lactam (4-membered cyclic amide) rings is 1. The molecule has 2 aliphatic heterocycles. The Labute approximate surface area is 190 Å². The first-order valence-electron chi connectivity index (χ1n) is 10.3.